The van der Waals surface area contributed by atoms with Gasteiger partial charge in [-0.05, 0) is 39.7 Å². The molecule has 0 radical (unpaired) electrons. The number of hydrogen-bond donors (Lipinski definition) is 2. The number of carbonyl (C=O) groups excluding carboxylic acids is 1. The average molecular weight is 409 g/mol. The zero-order valence-corrected chi connectivity index (χ0v) is 17.8. The van der Waals surface area contributed by atoms with E-state index in [0.717, 1.165) is 53.9 Å². The number of anilines is 1. The molecule has 2 N–H and O–H groups in total. The zero-order valence-electron chi connectivity index (χ0n) is 17.8. The van der Waals surface area contributed by atoms with Crippen LogP contribution in [0.1, 0.15) is 33.6 Å². The molecule has 1 fully saturated rings. The van der Waals surface area contributed by atoms with Crippen molar-refractivity contribution in [2.45, 2.75) is 45.2 Å². The maximum atomic E-state index is 12.2. The van der Waals surface area contributed by atoms with Crippen molar-refractivity contribution < 1.29 is 4.79 Å². The van der Waals surface area contributed by atoms with Crippen LogP contribution in [0.15, 0.2) is 24.7 Å². The minimum Gasteiger partial charge on any atom is -0.354 e. The molecule has 0 spiro atoms. The van der Waals surface area contributed by atoms with Gasteiger partial charge in [0.1, 0.15) is 5.69 Å². The Balaban J connectivity index is 1.52. The third-order valence-corrected chi connectivity index (χ3v) is 5.15. The largest absolute Gasteiger partial charge is 0.354 e. The van der Waals surface area contributed by atoms with Gasteiger partial charge in [-0.1, -0.05) is 0 Å². The van der Waals surface area contributed by atoms with Gasteiger partial charge in [0, 0.05) is 43.3 Å². The number of aromatic nitrogens is 6. The highest BCUT2D eigenvalue weighted by molar-refractivity contribution is 5.98. The topological polar surface area (TPSA) is 114 Å². The Morgan fingerprint density at radius 1 is 1.10 bits per heavy atom. The molecule has 4 rings (SSSR count). The molecule has 3 aromatic heterocycles. The number of amides is 2. The summed E-state index contributed by atoms with van der Waals surface area (Å²) in [5.41, 5.74) is 1.36. The average Bonchev–Trinajstić information content (AvgIpc) is 3.12. The first-order valence-corrected chi connectivity index (χ1v) is 10.1. The highest BCUT2D eigenvalue weighted by Crippen LogP contribution is 2.31. The van der Waals surface area contributed by atoms with E-state index < -0.39 is 0 Å². The number of nitrogens with zero attached hydrogens (tertiary/aromatic N) is 7. The normalized spacial score (nSPS) is 15.4. The molecule has 1 aliphatic heterocycles. The van der Waals surface area contributed by atoms with Crippen LogP contribution >= 0.6 is 0 Å². The zero-order chi connectivity index (χ0) is 21.3. The third kappa shape index (κ3) is 4.17. The second-order valence-electron chi connectivity index (χ2n) is 8.64. The van der Waals surface area contributed by atoms with Crippen molar-refractivity contribution >= 4 is 22.6 Å². The lowest BCUT2D eigenvalue weighted by Gasteiger charge is -2.34. The lowest BCUT2D eigenvalue weighted by molar-refractivity contribution is 0.225. The summed E-state index contributed by atoms with van der Waals surface area (Å²) in [5.74, 6) is 0.795. The summed E-state index contributed by atoms with van der Waals surface area (Å²) in [7, 11) is 1.87. The minimum absolute atomic E-state index is 0.123. The van der Waals surface area contributed by atoms with Gasteiger partial charge < -0.3 is 15.5 Å². The highest BCUT2D eigenvalue weighted by atomic mass is 16.2. The van der Waals surface area contributed by atoms with E-state index in [9.17, 15) is 4.79 Å². The first-order chi connectivity index (χ1) is 14.3. The van der Waals surface area contributed by atoms with Gasteiger partial charge in [0.2, 0.25) is 0 Å². The molecule has 30 heavy (non-hydrogen) atoms. The lowest BCUT2D eigenvalue weighted by atomic mass is 10.0. The summed E-state index contributed by atoms with van der Waals surface area (Å²) in [6, 6.07) is 1.92. The molecular weight excluding hydrogens is 382 g/mol. The predicted molar refractivity (Wildman–Crippen MR) is 114 cm³/mol. The SMILES string of the molecule is Cn1nccc1-c1nnc(N2CCC(NC(=O)NC(C)(C)C)CC2)c2cnncc12. The Morgan fingerprint density at radius 2 is 1.80 bits per heavy atom. The number of hydrogen-bond acceptors (Lipinski definition) is 7. The van der Waals surface area contributed by atoms with Gasteiger partial charge >= 0.3 is 6.03 Å². The number of rotatable bonds is 3. The van der Waals surface area contributed by atoms with E-state index in [-0.39, 0.29) is 17.6 Å². The Morgan fingerprint density at radius 3 is 2.43 bits per heavy atom. The molecule has 1 aliphatic rings. The van der Waals surface area contributed by atoms with Crippen LogP contribution in [0, 0.1) is 0 Å². The maximum absolute atomic E-state index is 12.2. The molecule has 158 valence electrons. The van der Waals surface area contributed by atoms with Gasteiger partial charge in [-0.15, -0.1) is 10.2 Å². The first-order valence-electron chi connectivity index (χ1n) is 10.1. The summed E-state index contributed by atoms with van der Waals surface area (Å²) in [5, 5.41) is 29.2. The molecule has 0 aromatic carbocycles. The fourth-order valence-electron chi connectivity index (χ4n) is 3.72. The van der Waals surface area contributed by atoms with Gasteiger partial charge in [-0.3, -0.25) is 4.68 Å². The second-order valence-corrected chi connectivity index (χ2v) is 8.64. The molecule has 0 unspecified atom stereocenters. The van der Waals surface area contributed by atoms with Crippen LogP contribution in [0.5, 0.6) is 0 Å². The van der Waals surface area contributed by atoms with Crippen LogP contribution in [-0.2, 0) is 7.05 Å². The van der Waals surface area contributed by atoms with Crippen LogP contribution in [0.4, 0.5) is 10.6 Å². The number of aryl methyl sites for hydroxylation is 1. The molecule has 4 heterocycles. The maximum Gasteiger partial charge on any atom is 0.315 e. The second kappa shape index (κ2) is 7.85. The van der Waals surface area contributed by atoms with Crippen molar-refractivity contribution in [1.82, 2.24) is 40.8 Å². The molecule has 0 bridgehead atoms. The van der Waals surface area contributed by atoms with Crippen molar-refractivity contribution in [3.05, 3.63) is 24.7 Å². The minimum atomic E-state index is -0.254. The molecule has 1 saturated heterocycles. The Hall–Kier alpha value is -3.30. The van der Waals surface area contributed by atoms with Gasteiger partial charge in [-0.2, -0.15) is 15.3 Å². The van der Waals surface area contributed by atoms with Gasteiger partial charge in [0.25, 0.3) is 0 Å². The molecule has 10 heteroatoms. The van der Waals surface area contributed by atoms with E-state index in [1.165, 1.54) is 0 Å². The number of piperidine rings is 1. The van der Waals surface area contributed by atoms with Crippen LogP contribution in [0.25, 0.3) is 22.2 Å². The van der Waals surface area contributed by atoms with Crippen LogP contribution in [0.2, 0.25) is 0 Å². The Bertz CT molecular complexity index is 1050. The number of urea groups is 1. The van der Waals surface area contributed by atoms with E-state index in [2.05, 4.69) is 41.0 Å². The van der Waals surface area contributed by atoms with Crippen molar-refractivity contribution in [2.75, 3.05) is 18.0 Å². The quantitative estimate of drug-likeness (QED) is 0.679. The van der Waals surface area contributed by atoms with Crippen molar-refractivity contribution in [3.63, 3.8) is 0 Å². The van der Waals surface area contributed by atoms with Crippen molar-refractivity contribution in [2.24, 2.45) is 7.05 Å². The molecule has 10 nitrogen and oxygen atoms in total. The van der Waals surface area contributed by atoms with Gasteiger partial charge in [0.15, 0.2) is 5.82 Å². The number of carbonyl (C=O) groups is 1. The predicted octanol–water partition coefficient (Wildman–Crippen LogP) is 1.89. The smallest absolute Gasteiger partial charge is 0.315 e. The van der Waals surface area contributed by atoms with Crippen LogP contribution in [-0.4, -0.2) is 60.9 Å². The first kappa shape index (κ1) is 20.0. The molecule has 2 amide bonds. The van der Waals surface area contributed by atoms with E-state index >= 15 is 0 Å². The van der Waals surface area contributed by atoms with Crippen LogP contribution in [0.3, 0.4) is 0 Å². The molecular formula is C20H27N9O. The van der Waals surface area contributed by atoms with E-state index in [1.54, 1.807) is 23.3 Å². The third-order valence-electron chi connectivity index (χ3n) is 5.15. The standard InChI is InChI=1S/C20H27N9O/c1-20(2,3)25-19(30)24-13-6-9-29(10-7-13)18-15-12-22-21-11-14(15)17(26-27-18)16-5-8-23-28(16)4/h5,8,11-13H,6-7,9-10H2,1-4H3,(H2,24,25,30). The lowest BCUT2D eigenvalue weighted by Crippen LogP contribution is -2.52. The summed E-state index contributed by atoms with van der Waals surface area (Å²) in [6.07, 6.45) is 6.87. The summed E-state index contributed by atoms with van der Waals surface area (Å²) >= 11 is 0. The number of fused-ring (bicyclic) bond motifs is 1. The van der Waals surface area contributed by atoms with Crippen LogP contribution < -0.4 is 15.5 Å². The molecule has 3 aromatic rings. The highest BCUT2D eigenvalue weighted by Gasteiger charge is 2.25. The van der Waals surface area contributed by atoms with E-state index in [4.69, 9.17) is 0 Å². The molecule has 0 saturated carbocycles. The van der Waals surface area contributed by atoms with E-state index in [1.807, 2.05) is 33.9 Å². The summed E-state index contributed by atoms with van der Waals surface area (Å²) < 4.78 is 1.77. The molecule has 0 aliphatic carbocycles. The molecule has 0 atom stereocenters. The van der Waals surface area contributed by atoms with E-state index in [0.29, 0.717) is 0 Å². The van der Waals surface area contributed by atoms with Crippen molar-refractivity contribution in [1.29, 1.82) is 0 Å². The fourth-order valence-corrected chi connectivity index (χ4v) is 3.72. The monoisotopic (exact) mass is 409 g/mol. The fraction of sp³-hybridized carbons (Fsp3) is 0.500. The van der Waals surface area contributed by atoms with Crippen molar-refractivity contribution in [3.8, 4) is 11.4 Å². The van der Waals surface area contributed by atoms with Gasteiger partial charge in [-0.25, -0.2) is 4.79 Å². The van der Waals surface area contributed by atoms with Gasteiger partial charge in [0.05, 0.1) is 23.5 Å². The summed E-state index contributed by atoms with van der Waals surface area (Å²) in [6.45, 7) is 7.46. The Kier molecular flexibility index (Phi) is 5.23. The number of nitrogens with one attached hydrogen (secondary N) is 2. The summed E-state index contributed by atoms with van der Waals surface area (Å²) in [4.78, 5) is 14.3. The Labute approximate surface area is 175 Å².